The van der Waals surface area contributed by atoms with Crippen LogP contribution >= 0.6 is 23.2 Å². The highest BCUT2D eigenvalue weighted by Gasteiger charge is 2.41. The van der Waals surface area contributed by atoms with E-state index in [9.17, 15) is 0 Å². The summed E-state index contributed by atoms with van der Waals surface area (Å²) in [7, 11) is 0. The maximum atomic E-state index is 6.26. The Kier molecular flexibility index (Phi) is 5.59. The molecule has 3 unspecified atom stereocenters. The standard InChI is InChI=1S/C16H22Cl2O2/c1-4-6-19-16-11(8-12(17)9-13(16)18)7-10(3)15-14(5-2)20-15/h8-10,14-15H,4-7H2,1-3H3. The van der Waals surface area contributed by atoms with Gasteiger partial charge in [0.1, 0.15) is 5.75 Å². The molecule has 0 saturated carbocycles. The normalized spacial score (nSPS) is 22.6. The van der Waals surface area contributed by atoms with Gasteiger partial charge in [-0.3, -0.25) is 0 Å². The van der Waals surface area contributed by atoms with Crippen LogP contribution in [0.5, 0.6) is 5.75 Å². The molecule has 0 aliphatic carbocycles. The van der Waals surface area contributed by atoms with E-state index < -0.39 is 0 Å². The predicted octanol–water partition coefficient (Wildman–Crippen LogP) is 5.14. The van der Waals surface area contributed by atoms with Crippen molar-refractivity contribution in [3.63, 3.8) is 0 Å². The molecule has 20 heavy (non-hydrogen) atoms. The smallest absolute Gasteiger partial charge is 0.141 e. The van der Waals surface area contributed by atoms with E-state index in [1.807, 2.05) is 6.07 Å². The van der Waals surface area contributed by atoms with E-state index >= 15 is 0 Å². The highest BCUT2D eigenvalue weighted by atomic mass is 35.5. The number of epoxide rings is 1. The molecule has 0 aromatic heterocycles. The molecule has 0 spiro atoms. The van der Waals surface area contributed by atoms with E-state index in [2.05, 4.69) is 20.8 Å². The minimum Gasteiger partial charge on any atom is -0.492 e. The van der Waals surface area contributed by atoms with E-state index in [0.29, 0.717) is 34.8 Å². The fourth-order valence-corrected chi connectivity index (χ4v) is 3.17. The summed E-state index contributed by atoms with van der Waals surface area (Å²) < 4.78 is 11.5. The Morgan fingerprint density at radius 2 is 2.05 bits per heavy atom. The lowest BCUT2D eigenvalue weighted by atomic mass is 9.95. The molecule has 2 rings (SSSR count). The molecule has 3 atom stereocenters. The van der Waals surface area contributed by atoms with E-state index in [-0.39, 0.29) is 0 Å². The summed E-state index contributed by atoms with van der Waals surface area (Å²) in [6.45, 7) is 7.11. The SMILES string of the molecule is CCCOc1c(Cl)cc(Cl)cc1CC(C)C1OC1CC. The van der Waals surface area contributed by atoms with Crippen molar-refractivity contribution in [1.29, 1.82) is 0 Å². The van der Waals surface area contributed by atoms with Gasteiger partial charge in [-0.2, -0.15) is 0 Å². The largest absolute Gasteiger partial charge is 0.492 e. The van der Waals surface area contributed by atoms with Crippen molar-refractivity contribution < 1.29 is 9.47 Å². The van der Waals surface area contributed by atoms with Gasteiger partial charge < -0.3 is 9.47 Å². The second-order valence-electron chi connectivity index (χ2n) is 5.45. The van der Waals surface area contributed by atoms with Crippen LogP contribution in [0.15, 0.2) is 12.1 Å². The number of hydrogen-bond donors (Lipinski definition) is 0. The third-order valence-electron chi connectivity index (χ3n) is 3.66. The van der Waals surface area contributed by atoms with Crippen molar-refractivity contribution in [2.75, 3.05) is 6.61 Å². The number of halogens is 2. The molecule has 0 bridgehead atoms. The minimum atomic E-state index is 0.358. The van der Waals surface area contributed by atoms with Gasteiger partial charge in [-0.05, 0) is 42.9 Å². The molecular weight excluding hydrogens is 295 g/mol. The lowest BCUT2D eigenvalue weighted by Crippen LogP contribution is -2.11. The van der Waals surface area contributed by atoms with Gasteiger partial charge in [0.2, 0.25) is 0 Å². The topological polar surface area (TPSA) is 21.8 Å². The van der Waals surface area contributed by atoms with Crippen molar-refractivity contribution in [3.8, 4) is 5.75 Å². The lowest BCUT2D eigenvalue weighted by molar-refractivity contribution is 0.304. The average Bonchev–Trinajstić information content (AvgIpc) is 3.17. The van der Waals surface area contributed by atoms with Gasteiger partial charge in [-0.15, -0.1) is 0 Å². The molecule has 2 nitrogen and oxygen atoms in total. The van der Waals surface area contributed by atoms with Crippen LogP contribution in [-0.2, 0) is 11.2 Å². The molecule has 0 N–H and O–H groups in total. The maximum absolute atomic E-state index is 6.26. The molecule has 1 aliphatic rings. The predicted molar refractivity (Wildman–Crippen MR) is 84.1 cm³/mol. The van der Waals surface area contributed by atoms with Crippen molar-refractivity contribution in [2.45, 2.75) is 52.2 Å². The summed E-state index contributed by atoms with van der Waals surface area (Å²) in [6, 6.07) is 3.70. The van der Waals surface area contributed by atoms with Crippen molar-refractivity contribution in [3.05, 3.63) is 27.7 Å². The van der Waals surface area contributed by atoms with Crippen LogP contribution in [-0.4, -0.2) is 18.8 Å². The van der Waals surface area contributed by atoms with E-state index in [1.54, 1.807) is 6.07 Å². The van der Waals surface area contributed by atoms with Crippen molar-refractivity contribution in [2.24, 2.45) is 5.92 Å². The first-order valence-electron chi connectivity index (χ1n) is 7.33. The second-order valence-corrected chi connectivity index (χ2v) is 6.30. The van der Waals surface area contributed by atoms with Crippen molar-refractivity contribution in [1.82, 2.24) is 0 Å². The minimum absolute atomic E-state index is 0.358. The fraction of sp³-hybridized carbons (Fsp3) is 0.625. The van der Waals surface area contributed by atoms with Gasteiger partial charge in [0, 0.05) is 5.02 Å². The van der Waals surface area contributed by atoms with Gasteiger partial charge in [-0.1, -0.05) is 44.0 Å². The highest BCUT2D eigenvalue weighted by Crippen LogP contribution is 2.38. The molecule has 4 heteroatoms. The Morgan fingerprint density at radius 1 is 1.30 bits per heavy atom. The van der Waals surface area contributed by atoms with E-state index in [4.69, 9.17) is 32.7 Å². The molecule has 1 aromatic rings. The van der Waals surface area contributed by atoms with Crippen LogP contribution in [0, 0.1) is 5.92 Å². The van der Waals surface area contributed by atoms with Gasteiger partial charge >= 0.3 is 0 Å². The maximum Gasteiger partial charge on any atom is 0.141 e. The van der Waals surface area contributed by atoms with Crippen LogP contribution in [0.4, 0.5) is 0 Å². The zero-order valence-corrected chi connectivity index (χ0v) is 13.8. The summed E-state index contributed by atoms with van der Waals surface area (Å²) in [5.74, 6) is 1.22. The molecule has 0 amide bonds. The Balaban J connectivity index is 2.12. The van der Waals surface area contributed by atoms with Crippen LogP contribution in [0.3, 0.4) is 0 Å². The first kappa shape index (κ1) is 15.9. The monoisotopic (exact) mass is 316 g/mol. The Hall–Kier alpha value is -0.440. The summed E-state index contributed by atoms with van der Waals surface area (Å²) >= 11 is 12.4. The fourth-order valence-electron chi connectivity index (χ4n) is 2.58. The van der Waals surface area contributed by atoms with Crippen LogP contribution < -0.4 is 4.74 Å². The zero-order chi connectivity index (χ0) is 14.7. The summed E-state index contributed by atoms with van der Waals surface area (Å²) in [5, 5.41) is 1.25. The molecule has 1 heterocycles. The molecule has 0 radical (unpaired) electrons. The van der Waals surface area contributed by atoms with Crippen molar-refractivity contribution >= 4 is 23.2 Å². The number of ether oxygens (including phenoxy) is 2. The molecule has 1 aromatic carbocycles. The van der Waals surface area contributed by atoms with Crippen LogP contribution in [0.2, 0.25) is 10.0 Å². The Morgan fingerprint density at radius 3 is 2.65 bits per heavy atom. The molecule has 1 saturated heterocycles. The Labute approximate surface area is 131 Å². The van der Waals surface area contributed by atoms with E-state index in [0.717, 1.165) is 30.6 Å². The quantitative estimate of drug-likeness (QED) is 0.650. The van der Waals surface area contributed by atoms with Crippen LogP contribution in [0.1, 0.15) is 39.2 Å². The van der Waals surface area contributed by atoms with Gasteiger partial charge in [0.05, 0.1) is 23.8 Å². The van der Waals surface area contributed by atoms with Gasteiger partial charge in [0.25, 0.3) is 0 Å². The second kappa shape index (κ2) is 7.02. The van der Waals surface area contributed by atoms with Gasteiger partial charge in [-0.25, -0.2) is 0 Å². The third kappa shape index (κ3) is 3.81. The Bertz CT molecular complexity index is 462. The summed E-state index contributed by atoms with van der Waals surface area (Å²) in [4.78, 5) is 0. The van der Waals surface area contributed by atoms with Gasteiger partial charge in [0.15, 0.2) is 0 Å². The third-order valence-corrected chi connectivity index (χ3v) is 4.16. The number of rotatable bonds is 7. The highest BCUT2D eigenvalue weighted by molar-refractivity contribution is 6.35. The molecule has 112 valence electrons. The summed E-state index contributed by atoms with van der Waals surface area (Å²) in [6.07, 6.45) is 3.68. The first-order chi connectivity index (χ1) is 9.56. The number of hydrogen-bond acceptors (Lipinski definition) is 2. The number of benzene rings is 1. The molecular formula is C16H22Cl2O2. The lowest BCUT2D eigenvalue weighted by Gasteiger charge is -2.16. The summed E-state index contributed by atoms with van der Waals surface area (Å²) in [5.41, 5.74) is 1.08. The molecule has 1 fully saturated rings. The van der Waals surface area contributed by atoms with E-state index in [1.165, 1.54) is 0 Å². The van der Waals surface area contributed by atoms with Crippen LogP contribution in [0.25, 0.3) is 0 Å². The first-order valence-corrected chi connectivity index (χ1v) is 8.08. The molecule has 1 aliphatic heterocycles. The zero-order valence-electron chi connectivity index (χ0n) is 12.3. The average molecular weight is 317 g/mol.